The number of benzene rings is 1. The van der Waals surface area contributed by atoms with Gasteiger partial charge in [0, 0.05) is 25.8 Å². The summed E-state index contributed by atoms with van der Waals surface area (Å²) in [5, 5.41) is 11.7. The van der Waals surface area contributed by atoms with Crippen LogP contribution in [0.25, 0.3) is 0 Å². The van der Waals surface area contributed by atoms with Gasteiger partial charge in [-0.05, 0) is 31.2 Å². The lowest BCUT2D eigenvalue weighted by atomic mass is 10.1. The van der Waals surface area contributed by atoms with Gasteiger partial charge in [0.1, 0.15) is 17.4 Å². The van der Waals surface area contributed by atoms with Crippen molar-refractivity contribution < 1.29 is 19.1 Å². The molecule has 0 aliphatic carbocycles. The highest BCUT2D eigenvalue weighted by Gasteiger charge is 2.35. The van der Waals surface area contributed by atoms with Crippen molar-refractivity contribution in [3.05, 3.63) is 29.3 Å². The fraction of sp³-hybridized carbons (Fsp3) is 0.412. The van der Waals surface area contributed by atoms with Crippen LogP contribution in [0.4, 0.5) is 10.8 Å². The van der Waals surface area contributed by atoms with Crippen LogP contribution < -0.4 is 15.0 Å². The number of nitrogens with one attached hydrogen (secondary N) is 1. The van der Waals surface area contributed by atoms with E-state index in [2.05, 4.69) is 15.5 Å². The Hall–Kier alpha value is -2.52. The Morgan fingerprint density at radius 3 is 2.81 bits per heavy atom. The smallest absolute Gasteiger partial charge is 0.231 e. The van der Waals surface area contributed by atoms with E-state index in [9.17, 15) is 9.59 Å². The van der Waals surface area contributed by atoms with Crippen molar-refractivity contribution in [1.29, 1.82) is 0 Å². The van der Waals surface area contributed by atoms with E-state index in [1.165, 1.54) is 11.3 Å². The van der Waals surface area contributed by atoms with E-state index in [1.807, 2.05) is 31.2 Å². The fourth-order valence-electron chi connectivity index (χ4n) is 2.72. The summed E-state index contributed by atoms with van der Waals surface area (Å²) < 4.78 is 10.4. The maximum Gasteiger partial charge on any atom is 0.231 e. The summed E-state index contributed by atoms with van der Waals surface area (Å²) >= 11 is 1.26. The normalized spacial score (nSPS) is 16.8. The van der Waals surface area contributed by atoms with E-state index in [4.69, 9.17) is 9.47 Å². The Morgan fingerprint density at radius 2 is 2.12 bits per heavy atom. The van der Waals surface area contributed by atoms with E-state index < -0.39 is 5.92 Å². The number of carbonyl (C=O) groups is 2. The zero-order chi connectivity index (χ0) is 18.5. The van der Waals surface area contributed by atoms with Gasteiger partial charge in [0.2, 0.25) is 16.9 Å². The van der Waals surface area contributed by atoms with Gasteiger partial charge >= 0.3 is 0 Å². The predicted octanol–water partition coefficient (Wildman–Crippen LogP) is 2.07. The third-order valence-corrected chi connectivity index (χ3v) is 4.73. The van der Waals surface area contributed by atoms with Gasteiger partial charge in [-0.15, -0.1) is 10.2 Å². The van der Waals surface area contributed by atoms with Crippen LogP contribution in [-0.4, -0.2) is 42.3 Å². The van der Waals surface area contributed by atoms with E-state index in [1.54, 1.807) is 12.0 Å². The molecular weight excluding hydrogens is 356 g/mol. The Morgan fingerprint density at radius 1 is 1.35 bits per heavy atom. The number of aromatic nitrogens is 2. The summed E-state index contributed by atoms with van der Waals surface area (Å²) in [6, 6.07) is 7.28. The highest BCUT2D eigenvalue weighted by Crippen LogP contribution is 2.28. The molecule has 1 aliphatic rings. The largest absolute Gasteiger partial charge is 0.494 e. The Bertz CT molecular complexity index is 777. The lowest BCUT2D eigenvalue weighted by Gasteiger charge is -2.17. The van der Waals surface area contributed by atoms with Gasteiger partial charge in [-0.3, -0.25) is 9.59 Å². The fourth-order valence-corrected chi connectivity index (χ4v) is 3.43. The molecule has 0 saturated carbocycles. The quantitative estimate of drug-likeness (QED) is 0.795. The second kappa shape index (κ2) is 8.24. The van der Waals surface area contributed by atoms with Crippen LogP contribution >= 0.6 is 11.3 Å². The van der Waals surface area contributed by atoms with Gasteiger partial charge in [-0.2, -0.15) is 0 Å². The molecule has 2 aromatic rings. The molecule has 3 rings (SSSR count). The third kappa shape index (κ3) is 4.17. The number of ether oxygens (including phenoxy) is 2. The molecule has 1 atom stereocenters. The maximum absolute atomic E-state index is 12.4. The third-order valence-electron chi connectivity index (χ3n) is 3.92. The second-order valence-electron chi connectivity index (χ2n) is 5.76. The molecule has 1 N–H and O–H groups in total. The summed E-state index contributed by atoms with van der Waals surface area (Å²) in [4.78, 5) is 26.4. The zero-order valence-corrected chi connectivity index (χ0v) is 15.4. The summed E-state index contributed by atoms with van der Waals surface area (Å²) in [5.41, 5.74) is 0.757. The minimum Gasteiger partial charge on any atom is -0.494 e. The van der Waals surface area contributed by atoms with Crippen molar-refractivity contribution in [2.45, 2.75) is 20.0 Å². The Balaban J connectivity index is 1.61. The van der Waals surface area contributed by atoms with Gasteiger partial charge in [0.25, 0.3) is 0 Å². The zero-order valence-electron chi connectivity index (χ0n) is 14.6. The van der Waals surface area contributed by atoms with Crippen LogP contribution in [0.1, 0.15) is 18.4 Å². The Labute approximate surface area is 155 Å². The van der Waals surface area contributed by atoms with Crippen LogP contribution in [0.15, 0.2) is 24.3 Å². The predicted molar refractivity (Wildman–Crippen MR) is 97.3 cm³/mol. The number of methoxy groups -OCH3 is 1. The van der Waals surface area contributed by atoms with Gasteiger partial charge in [0.15, 0.2) is 0 Å². The van der Waals surface area contributed by atoms with Crippen molar-refractivity contribution >= 4 is 34.0 Å². The molecule has 2 amide bonds. The van der Waals surface area contributed by atoms with Crippen molar-refractivity contribution in [3.63, 3.8) is 0 Å². The first-order valence-electron chi connectivity index (χ1n) is 8.26. The average molecular weight is 376 g/mol. The molecule has 0 unspecified atom stereocenters. The van der Waals surface area contributed by atoms with Crippen molar-refractivity contribution in [2.75, 3.05) is 30.5 Å². The monoisotopic (exact) mass is 376 g/mol. The number of anilines is 2. The molecule has 1 aromatic heterocycles. The van der Waals surface area contributed by atoms with Crippen LogP contribution in [0.5, 0.6) is 5.75 Å². The van der Waals surface area contributed by atoms with E-state index in [-0.39, 0.29) is 18.2 Å². The topological polar surface area (TPSA) is 93.7 Å². The summed E-state index contributed by atoms with van der Waals surface area (Å²) in [6.45, 7) is 3.18. The first kappa shape index (κ1) is 18.3. The molecule has 138 valence electrons. The number of rotatable bonds is 7. The first-order valence-corrected chi connectivity index (χ1v) is 9.07. The number of nitrogens with zero attached hydrogens (tertiary/aromatic N) is 3. The summed E-state index contributed by atoms with van der Waals surface area (Å²) in [5.74, 6) is 0.0164. The molecule has 1 aromatic carbocycles. The summed E-state index contributed by atoms with van der Waals surface area (Å²) in [6.07, 6.45) is 0.169. The highest BCUT2D eigenvalue weighted by atomic mass is 32.1. The van der Waals surface area contributed by atoms with Gasteiger partial charge in [-0.25, -0.2) is 0 Å². The molecular formula is C17H20N4O4S. The van der Waals surface area contributed by atoms with Crippen molar-refractivity contribution in [3.8, 4) is 5.75 Å². The van der Waals surface area contributed by atoms with Gasteiger partial charge in [-0.1, -0.05) is 11.3 Å². The van der Waals surface area contributed by atoms with E-state index in [0.29, 0.717) is 29.9 Å². The summed E-state index contributed by atoms with van der Waals surface area (Å²) in [7, 11) is 1.57. The van der Waals surface area contributed by atoms with Crippen LogP contribution in [-0.2, 0) is 20.9 Å². The van der Waals surface area contributed by atoms with Crippen LogP contribution in [0.3, 0.4) is 0 Å². The molecule has 8 nitrogen and oxygen atoms in total. The lowest BCUT2D eigenvalue weighted by Crippen LogP contribution is -2.28. The van der Waals surface area contributed by atoms with E-state index >= 15 is 0 Å². The molecule has 1 aliphatic heterocycles. The van der Waals surface area contributed by atoms with Gasteiger partial charge in [0.05, 0.1) is 12.5 Å². The van der Waals surface area contributed by atoms with Gasteiger partial charge < -0.3 is 19.7 Å². The standard InChI is InChI=1S/C17H20N4O4S/c1-3-25-13-6-4-12(5-7-13)21-9-11(8-15(21)22)16(23)18-17-20-19-14(26-17)10-24-2/h4-7,11H,3,8-10H2,1-2H3,(H,18,20,23)/t11-/m1/s1. The second-order valence-corrected chi connectivity index (χ2v) is 6.82. The number of amides is 2. The van der Waals surface area contributed by atoms with Crippen molar-refractivity contribution in [1.82, 2.24) is 10.2 Å². The molecule has 1 saturated heterocycles. The molecule has 26 heavy (non-hydrogen) atoms. The van der Waals surface area contributed by atoms with Crippen molar-refractivity contribution in [2.24, 2.45) is 5.92 Å². The molecule has 2 heterocycles. The highest BCUT2D eigenvalue weighted by molar-refractivity contribution is 7.15. The average Bonchev–Trinajstić information content (AvgIpc) is 3.23. The van der Waals surface area contributed by atoms with Crippen LogP contribution in [0, 0.1) is 5.92 Å². The molecule has 1 fully saturated rings. The molecule has 0 radical (unpaired) electrons. The number of hydrogen-bond donors (Lipinski definition) is 1. The molecule has 9 heteroatoms. The maximum atomic E-state index is 12.4. The Kier molecular flexibility index (Phi) is 5.79. The number of carbonyl (C=O) groups excluding carboxylic acids is 2. The lowest BCUT2D eigenvalue weighted by molar-refractivity contribution is -0.122. The molecule has 0 spiro atoms. The SMILES string of the molecule is CCOc1ccc(N2C[C@H](C(=O)Nc3nnc(COC)s3)CC2=O)cc1. The van der Waals surface area contributed by atoms with Crippen LogP contribution in [0.2, 0.25) is 0 Å². The number of hydrogen-bond acceptors (Lipinski definition) is 7. The first-order chi connectivity index (χ1) is 12.6. The van der Waals surface area contributed by atoms with E-state index in [0.717, 1.165) is 11.4 Å². The minimum atomic E-state index is -0.427. The molecule has 0 bridgehead atoms. The minimum absolute atomic E-state index is 0.0772.